The van der Waals surface area contributed by atoms with Gasteiger partial charge < -0.3 is 10.5 Å². The van der Waals surface area contributed by atoms with Gasteiger partial charge in [0.05, 0.1) is 6.61 Å². The van der Waals surface area contributed by atoms with Crippen molar-refractivity contribution in [2.75, 3.05) is 17.7 Å². The fourth-order valence-corrected chi connectivity index (χ4v) is 0.970. The van der Waals surface area contributed by atoms with Crippen LogP contribution in [-0.2, 0) is 4.74 Å². The predicted molar refractivity (Wildman–Crippen MR) is 51.5 cm³/mol. The first-order valence-electron chi connectivity index (χ1n) is 4.11. The van der Waals surface area contributed by atoms with Gasteiger partial charge in [0.1, 0.15) is 5.82 Å². The van der Waals surface area contributed by atoms with Crippen LogP contribution in [0.3, 0.4) is 0 Å². The van der Waals surface area contributed by atoms with Gasteiger partial charge in [0.25, 0.3) is 0 Å². The molecule has 0 aliphatic heterocycles. The molecular formula is C9H11FN2O2. The minimum atomic E-state index is -0.627. The molecule has 1 amide bonds. The van der Waals surface area contributed by atoms with Gasteiger partial charge in [-0.15, -0.1) is 0 Å². The van der Waals surface area contributed by atoms with Gasteiger partial charge in [-0.2, -0.15) is 0 Å². The molecule has 3 N–H and O–H groups in total. The fraction of sp³-hybridized carbons (Fsp3) is 0.222. The molecule has 5 heteroatoms. The second kappa shape index (κ2) is 4.45. The van der Waals surface area contributed by atoms with E-state index < -0.39 is 11.9 Å². The summed E-state index contributed by atoms with van der Waals surface area (Å²) in [5.41, 5.74) is 5.90. The number of amides is 1. The molecule has 0 bridgehead atoms. The largest absolute Gasteiger partial charge is 0.450 e. The number of hydrogen-bond donors (Lipinski definition) is 2. The molecule has 0 saturated heterocycles. The normalized spacial score (nSPS) is 9.57. The predicted octanol–water partition coefficient (Wildman–Crippen LogP) is 1.98. The molecule has 0 radical (unpaired) electrons. The van der Waals surface area contributed by atoms with Crippen LogP contribution in [0.1, 0.15) is 6.92 Å². The molecular weight excluding hydrogens is 187 g/mol. The van der Waals surface area contributed by atoms with Crippen molar-refractivity contribution in [3.63, 3.8) is 0 Å². The Morgan fingerprint density at radius 3 is 2.86 bits per heavy atom. The average molecular weight is 198 g/mol. The van der Waals surface area contributed by atoms with E-state index in [1.165, 1.54) is 6.07 Å². The molecule has 1 aromatic carbocycles. The van der Waals surface area contributed by atoms with Gasteiger partial charge in [0.2, 0.25) is 0 Å². The van der Waals surface area contributed by atoms with E-state index in [2.05, 4.69) is 10.1 Å². The summed E-state index contributed by atoms with van der Waals surface area (Å²) in [7, 11) is 0. The smallest absolute Gasteiger partial charge is 0.411 e. The van der Waals surface area contributed by atoms with Crippen molar-refractivity contribution < 1.29 is 13.9 Å². The number of hydrogen-bond acceptors (Lipinski definition) is 3. The highest BCUT2D eigenvalue weighted by molar-refractivity contribution is 5.85. The SMILES string of the molecule is CCOC(=O)Nc1cc(N)cc(F)c1. The van der Waals surface area contributed by atoms with Gasteiger partial charge in [-0.1, -0.05) is 0 Å². The van der Waals surface area contributed by atoms with Crippen molar-refractivity contribution in [2.45, 2.75) is 6.92 Å². The second-order valence-corrected chi connectivity index (χ2v) is 2.62. The maximum absolute atomic E-state index is 12.8. The summed E-state index contributed by atoms with van der Waals surface area (Å²) >= 11 is 0. The molecule has 0 unspecified atom stereocenters. The number of nitrogen functional groups attached to an aromatic ring is 1. The third kappa shape index (κ3) is 2.93. The number of ether oxygens (including phenoxy) is 1. The van der Waals surface area contributed by atoms with Crippen molar-refractivity contribution in [2.24, 2.45) is 0 Å². The number of carbonyl (C=O) groups excluding carboxylic acids is 1. The van der Waals surface area contributed by atoms with Crippen LogP contribution in [0.25, 0.3) is 0 Å². The monoisotopic (exact) mass is 198 g/mol. The third-order valence-corrected chi connectivity index (χ3v) is 1.44. The molecule has 1 aromatic rings. The van der Waals surface area contributed by atoms with E-state index in [9.17, 15) is 9.18 Å². The molecule has 0 aliphatic rings. The van der Waals surface area contributed by atoms with Crippen molar-refractivity contribution in [1.29, 1.82) is 0 Å². The lowest BCUT2D eigenvalue weighted by atomic mass is 10.3. The summed E-state index contributed by atoms with van der Waals surface area (Å²) in [5.74, 6) is -0.503. The van der Waals surface area contributed by atoms with Crippen LogP contribution in [0.15, 0.2) is 18.2 Å². The van der Waals surface area contributed by atoms with Crippen molar-refractivity contribution in [3.05, 3.63) is 24.0 Å². The molecule has 0 fully saturated rings. The van der Waals surface area contributed by atoms with E-state index in [-0.39, 0.29) is 18.0 Å². The van der Waals surface area contributed by atoms with Crippen LogP contribution >= 0.6 is 0 Å². The van der Waals surface area contributed by atoms with E-state index in [0.29, 0.717) is 0 Å². The van der Waals surface area contributed by atoms with Crippen LogP contribution in [0, 0.1) is 5.82 Å². The molecule has 1 rings (SSSR count). The van der Waals surface area contributed by atoms with Crippen molar-refractivity contribution in [1.82, 2.24) is 0 Å². The van der Waals surface area contributed by atoms with Gasteiger partial charge in [-0.25, -0.2) is 9.18 Å². The minimum Gasteiger partial charge on any atom is -0.450 e. The standard InChI is InChI=1S/C9H11FN2O2/c1-2-14-9(13)12-8-4-6(10)3-7(11)5-8/h3-5H,2,11H2,1H3,(H,12,13). The molecule has 14 heavy (non-hydrogen) atoms. The van der Waals surface area contributed by atoms with Crippen LogP contribution in [0.2, 0.25) is 0 Å². The zero-order chi connectivity index (χ0) is 10.6. The number of nitrogens with one attached hydrogen (secondary N) is 1. The number of halogens is 1. The third-order valence-electron chi connectivity index (χ3n) is 1.44. The summed E-state index contributed by atoms with van der Waals surface area (Å²) < 4.78 is 17.4. The molecule has 76 valence electrons. The molecule has 0 spiro atoms. The summed E-state index contributed by atoms with van der Waals surface area (Å²) in [6.45, 7) is 1.94. The average Bonchev–Trinajstić information content (AvgIpc) is 2.01. The van der Waals surface area contributed by atoms with Gasteiger partial charge in [-0.05, 0) is 25.1 Å². The lowest BCUT2D eigenvalue weighted by Gasteiger charge is -2.05. The zero-order valence-corrected chi connectivity index (χ0v) is 7.71. The first kappa shape index (κ1) is 10.3. The van der Waals surface area contributed by atoms with E-state index >= 15 is 0 Å². The fourth-order valence-electron chi connectivity index (χ4n) is 0.970. The van der Waals surface area contributed by atoms with Crippen LogP contribution in [0.5, 0.6) is 0 Å². The van der Waals surface area contributed by atoms with Crippen LogP contribution in [0.4, 0.5) is 20.6 Å². The Morgan fingerprint density at radius 2 is 2.29 bits per heavy atom. The molecule has 0 aliphatic carbocycles. The Labute approximate surface area is 80.9 Å². The number of rotatable bonds is 2. The number of anilines is 2. The number of benzene rings is 1. The Kier molecular flexibility index (Phi) is 3.28. The second-order valence-electron chi connectivity index (χ2n) is 2.62. The lowest BCUT2D eigenvalue weighted by molar-refractivity contribution is 0.168. The van der Waals surface area contributed by atoms with Crippen LogP contribution in [-0.4, -0.2) is 12.7 Å². The molecule has 0 aromatic heterocycles. The van der Waals surface area contributed by atoms with Gasteiger partial charge in [-0.3, -0.25) is 5.32 Å². The summed E-state index contributed by atoms with van der Waals surface area (Å²) in [6.07, 6.45) is -0.627. The highest BCUT2D eigenvalue weighted by Crippen LogP contribution is 2.15. The first-order chi connectivity index (χ1) is 6.61. The number of carbonyl (C=O) groups is 1. The zero-order valence-electron chi connectivity index (χ0n) is 7.71. The molecule has 0 heterocycles. The summed E-state index contributed by atoms with van der Waals surface area (Å²) in [6, 6.07) is 3.77. The van der Waals surface area contributed by atoms with Gasteiger partial charge in [0.15, 0.2) is 0 Å². The van der Waals surface area contributed by atoms with E-state index in [1.54, 1.807) is 6.92 Å². The van der Waals surface area contributed by atoms with Crippen molar-refractivity contribution >= 4 is 17.5 Å². The lowest BCUT2D eigenvalue weighted by Crippen LogP contribution is -2.13. The summed E-state index contributed by atoms with van der Waals surface area (Å²) in [4.78, 5) is 10.9. The highest BCUT2D eigenvalue weighted by atomic mass is 19.1. The topological polar surface area (TPSA) is 64.3 Å². The quantitative estimate of drug-likeness (QED) is 0.714. The van der Waals surface area contributed by atoms with Gasteiger partial charge in [0, 0.05) is 11.4 Å². The Bertz CT molecular complexity index is 321. The summed E-state index contributed by atoms with van der Waals surface area (Å²) in [5, 5.41) is 2.34. The highest BCUT2D eigenvalue weighted by Gasteiger charge is 2.03. The van der Waals surface area contributed by atoms with E-state index in [0.717, 1.165) is 12.1 Å². The Hall–Kier alpha value is -1.78. The van der Waals surface area contributed by atoms with E-state index in [1.807, 2.05) is 0 Å². The minimum absolute atomic E-state index is 0.247. The maximum Gasteiger partial charge on any atom is 0.411 e. The Balaban J connectivity index is 2.71. The molecule has 0 saturated carbocycles. The van der Waals surface area contributed by atoms with Crippen molar-refractivity contribution in [3.8, 4) is 0 Å². The van der Waals surface area contributed by atoms with Gasteiger partial charge >= 0.3 is 6.09 Å². The maximum atomic E-state index is 12.8. The number of nitrogens with two attached hydrogens (primary N) is 1. The first-order valence-corrected chi connectivity index (χ1v) is 4.11. The molecule has 4 nitrogen and oxygen atoms in total. The Morgan fingerprint density at radius 1 is 1.57 bits per heavy atom. The van der Waals surface area contributed by atoms with E-state index in [4.69, 9.17) is 5.73 Å². The molecule has 0 atom stereocenters. The van der Waals surface area contributed by atoms with Crippen LogP contribution < -0.4 is 11.1 Å².